The highest BCUT2D eigenvalue weighted by Gasteiger charge is 2.07. The Bertz CT molecular complexity index is 558. The largest absolute Gasteiger partial charge is 0.337 e. The molecule has 88 valence electrons. The van der Waals surface area contributed by atoms with Gasteiger partial charge in [-0.2, -0.15) is 0 Å². The maximum absolute atomic E-state index is 13.4. The quantitative estimate of drug-likeness (QED) is 0.900. The monoisotopic (exact) mass is 298 g/mol. The molecular formula is C12H9BrF2N2. The second-order valence-corrected chi connectivity index (χ2v) is 4.45. The van der Waals surface area contributed by atoms with Crippen LogP contribution < -0.4 is 5.32 Å². The van der Waals surface area contributed by atoms with Crippen molar-refractivity contribution in [3.63, 3.8) is 0 Å². The lowest BCUT2D eigenvalue weighted by Crippen LogP contribution is -1.98. The molecule has 0 bridgehead atoms. The van der Waals surface area contributed by atoms with Gasteiger partial charge in [0.15, 0.2) is 0 Å². The molecular weight excluding hydrogens is 290 g/mol. The lowest BCUT2D eigenvalue weighted by atomic mass is 10.3. The van der Waals surface area contributed by atoms with E-state index in [0.29, 0.717) is 10.3 Å². The summed E-state index contributed by atoms with van der Waals surface area (Å²) in [6.07, 6.45) is 1.64. The zero-order valence-electron chi connectivity index (χ0n) is 8.97. The standard InChI is InChI=1S/C12H9BrF2N2/c1-7-4-9(13)12(16-6-7)17-11-5-8(14)2-3-10(11)15/h2-6H,1H3,(H,16,17). The predicted molar refractivity (Wildman–Crippen MR) is 66.3 cm³/mol. The third-order valence-electron chi connectivity index (χ3n) is 2.16. The molecule has 0 saturated heterocycles. The second kappa shape index (κ2) is 4.79. The molecule has 0 amide bonds. The van der Waals surface area contributed by atoms with Crippen LogP contribution in [0.25, 0.3) is 0 Å². The average Bonchev–Trinajstić information content (AvgIpc) is 2.27. The molecule has 1 aromatic carbocycles. The van der Waals surface area contributed by atoms with E-state index in [0.717, 1.165) is 23.8 Å². The summed E-state index contributed by atoms with van der Waals surface area (Å²) in [5.74, 6) is -0.585. The van der Waals surface area contributed by atoms with Crippen molar-refractivity contribution in [1.82, 2.24) is 4.98 Å². The van der Waals surface area contributed by atoms with Gasteiger partial charge in [-0.15, -0.1) is 0 Å². The van der Waals surface area contributed by atoms with Crippen LogP contribution in [0.15, 0.2) is 34.9 Å². The van der Waals surface area contributed by atoms with Gasteiger partial charge >= 0.3 is 0 Å². The fourth-order valence-electron chi connectivity index (χ4n) is 1.35. The van der Waals surface area contributed by atoms with Crippen molar-refractivity contribution in [2.45, 2.75) is 6.92 Å². The van der Waals surface area contributed by atoms with Crippen molar-refractivity contribution >= 4 is 27.4 Å². The molecule has 0 unspecified atom stereocenters. The molecule has 0 aliphatic carbocycles. The number of aryl methyl sites for hydroxylation is 1. The summed E-state index contributed by atoms with van der Waals surface area (Å²) in [5, 5.41) is 2.74. The summed E-state index contributed by atoms with van der Waals surface area (Å²) < 4.78 is 27.1. The van der Waals surface area contributed by atoms with Crippen LogP contribution in [0.5, 0.6) is 0 Å². The third kappa shape index (κ3) is 2.79. The van der Waals surface area contributed by atoms with Gasteiger partial charge in [0.2, 0.25) is 0 Å². The van der Waals surface area contributed by atoms with E-state index in [9.17, 15) is 8.78 Å². The number of hydrogen-bond donors (Lipinski definition) is 1. The van der Waals surface area contributed by atoms with Gasteiger partial charge in [0.1, 0.15) is 17.5 Å². The summed E-state index contributed by atoms with van der Waals surface area (Å²) >= 11 is 3.31. The summed E-state index contributed by atoms with van der Waals surface area (Å²) in [5.41, 5.74) is 1.03. The molecule has 5 heteroatoms. The molecule has 1 N–H and O–H groups in total. The average molecular weight is 299 g/mol. The minimum Gasteiger partial charge on any atom is -0.337 e. The number of nitrogens with zero attached hydrogens (tertiary/aromatic N) is 1. The van der Waals surface area contributed by atoms with Crippen molar-refractivity contribution in [2.24, 2.45) is 0 Å². The number of halogens is 3. The van der Waals surface area contributed by atoms with Gasteiger partial charge < -0.3 is 5.32 Å². The number of anilines is 2. The number of hydrogen-bond acceptors (Lipinski definition) is 2. The Morgan fingerprint density at radius 2 is 2.00 bits per heavy atom. The van der Waals surface area contributed by atoms with Gasteiger partial charge in [-0.05, 0) is 46.6 Å². The molecule has 2 aromatic rings. The maximum Gasteiger partial charge on any atom is 0.146 e. The van der Waals surface area contributed by atoms with Crippen LogP contribution in [0.2, 0.25) is 0 Å². The van der Waals surface area contributed by atoms with E-state index in [4.69, 9.17) is 0 Å². The smallest absolute Gasteiger partial charge is 0.146 e. The van der Waals surface area contributed by atoms with Crippen molar-refractivity contribution in [3.05, 3.63) is 52.1 Å². The molecule has 0 spiro atoms. The highest BCUT2D eigenvalue weighted by atomic mass is 79.9. The van der Waals surface area contributed by atoms with E-state index in [1.54, 1.807) is 6.20 Å². The van der Waals surface area contributed by atoms with E-state index < -0.39 is 11.6 Å². The van der Waals surface area contributed by atoms with E-state index in [2.05, 4.69) is 26.2 Å². The highest BCUT2D eigenvalue weighted by molar-refractivity contribution is 9.10. The normalized spacial score (nSPS) is 10.4. The van der Waals surface area contributed by atoms with Crippen molar-refractivity contribution in [3.8, 4) is 0 Å². The van der Waals surface area contributed by atoms with E-state index >= 15 is 0 Å². The van der Waals surface area contributed by atoms with Crippen LogP contribution in [0.4, 0.5) is 20.3 Å². The number of rotatable bonds is 2. The molecule has 1 aromatic heterocycles. The Balaban J connectivity index is 2.34. The molecule has 1 heterocycles. The number of nitrogens with one attached hydrogen (secondary N) is 1. The predicted octanol–water partition coefficient (Wildman–Crippen LogP) is 4.17. The molecule has 0 fully saturated rings. The Morgan fingerprint density at radius 1 is 1.24 bits per heavy atom. The Kier molecular flexibility index (Phi) is 3.38. The highest BCUT2D eigenvalue weighted by Crippen LogP contribution is 2.26. The van der Waals surface area contributed by atoms with Gasteiger partial charge in [-0.1, -0.05) is 0 Å². The van der Waals surface area contributed by atoms with Gasteiger partial charge in [-0.25, -0.2) is 13.8 Å². The molecule has 0 radical (unpaired) electrons. The molecule has 0 aliphatic heterocycles. The lowest BCUT2D eigenvalue weighted by molar-refractivity contribution is 0.603. The zero-order chi connectivity index (χ0) is 12.4. The van der Waals surface area contributed by atoms with Gasteiger partial charge in [0.25, 0.3) is 0 Å². The van der Waals surface area contributed by atoms with E-state index in [1.807, 2.05) is 13.0 Å². The zero-order valence-corrected chi connectivity index (χ0v) is 10.6. The van der Waals surface area contributed by atoms with Crippen molar-refractivity contribution < 1.29 is 8.78 Å². The summed E-state index contributed by atoms with van der Waals surface area (Å²) in [6.45, 7) is 1.89. The van der Waals surface area contributed by atoms with Crippen LogP contribution >= 0.6 is 15.9 Å². The van der Waals surface area contributed by atoms with Crippen LogP contribution in [0, 0.1) is 18.6 Å². The first-order valence-electron chi connectivity index (χ1n) is 4.90. The Labute approximate surface area is 106 Å². The summed E-state index contributed by atoms with van der Waals surface area (Å²) in [7, 11) is 0. The maximum atomic E-state index is 13.4. The third-order valence-corrected chi connectivity index (χ3v) is 2.76. The van der Waals surface area contributed by atoms with Gasteiger partial charge in [-0.3, -0.25) is 0 Å². The Hall–Kier alpha value is -1.49. The first-order chi connectivity index (χ1) is 8.06. The molecule has 0 saturated carbocycles. The fraction of sp³-hybridized carbons (Fsp3) is 0.0833. The van der Waals surface area contributed by atoms with E-state index in [1.165, 1.54) is 0 Å². The van der Waals surface area contributed by atoms with Crippen LogP contribution in [-0.4, -0.2) is 4.98 Å². The SMILES string of the molecule is Cc1cnc(Nc2cc(F)ccc2F)c(Br)c1. The summed E-state index contributed by atoms with van der Waals surface area (Å²) in [6, 6.07) is 5.06. The van der Waals surface area contributed by atoms with Crippen molar-refractivity contribution in [1.29, 1.82) is 0 Å². The fourth-order valence-corrected chi connectivity index (χ4v) is 1.91. The van der Waals surface area contributed by atoms with Gasteiger partial charge in [0.05, 0.1) is 10.2 Å². The second-order valence-electron chi connectivity index (χ2n) is 3.59. The minimum atomic E-state index is -0.527. The van der Waals surface area contributed by atoms with Gasteiger partial charge in [0, 0.05) is 12.3 Å². The first kappa shape index (κ1) is 12.0. The number of aromatic nitrogens is 1. The first-order valence-corrected chi connectivity index (χ1v) is 5.70. The molecule has 2 rings (SSSR count). The molecule has 2 nitrogen and oxygen atoms in total. The van der Waals surface area contributed by atoms with E-state index in [-0.39, 0.29) is 5.69 Å². The summed E-state index contributed by atoms with van der Waals surface area (Å²) in [4.78, 5) is 4.10. The minimum absolute atomic E-state index is 0.0575. The van der Waals surface area contributed by atoms with Crippen LogP contribution in [0.1, 0.15) is 5.56 Å². The number of benzene rings is 1. The number of pyridine rings is 1. The Morgan fingerprint density at radius 3 is 2.71 bits per heavy atom. The van der Waals surface area contributed by atoms with Crippen LogP contribution in [-0.2, 0) is 0 Å². The lowest BCUT2D eigenvalue weighted by Gasteiger charge is -2.09. The van der Waals surface area contributed by atoms with Crippen LogP contribution in [0.3, 0.4) is 0 Å². The molecule has 0 aliphatic rings. The molecule has 0 atom stereocenters. The van der Waals surface area contributed by atoms with Crippen molar-refractivity contribution in [2.75, 3.05) is 5.32 Å². The molecule has 17 heavy (non-hydrogen) atoms. The topological polar surface area (TPSA) is 24.9 Å².